The number of hydrogen-bond donors (Lipinski definition) is 2. The SMILES string of the molecule is O=Cc1ccccc1NCC(=O)O.[Na+]. The summed E-state index contributed by atoms with van der Waals surface area (Å²) in [6.45, 7) is -0.190. The van der Waals surface area contributed by atoms with Crippen LogP contribution in [0, 0.1) is 0 Å². The van der Waals surface area contributed by atoms with E-state index in [9.17, 15) is 9.59 Å². The average molecular weight is 202 g/mol. The number of anilines is 1. The van der Waals surface area contributed by atoms with Crippen LogP contribution in [0.15, 0.2) is 24.3 Å². The molecular weight excluding hydrogens is 193 g/mol. The standard InChI is InChI=1S/C9H9NO3.Na/c11-6-7-3-1-2-4-8(7)10-5-9(12)13;/h1-4,6,10H,5H2,(H,12,13);/q;+1. The molecular formula is C9H9NNaO3+. The smallest absolute Gasteiger partial charge is 0.480 e. The summed E-state index contributed by atoms with van der Waals surface area (Å²) in [7, 11) is 0. The van der Waals surface area contributed by atoms with E-state index in [-0.39, 0.29) is 36.1 Å². The van der Waals surface area contributed by atoms with Gasteiger partial charge in [-0.2, -0.15) is 0 Å². The number of carboxylic acids is 1. The van der Waals surface area contributed by atoms with E-state index in [0.29, 0.717) is 17.5 Å². The predicted octanol–water partition coefficient (Wildman–Crippen LogP) is -2.00. The second-order valence-corrected chi connectivity index (χ2v) is 2.45. The molecule has 0 amide bonds. The molecule has 14 heavy (non-hydrogen) atoms. The molecule has 0 aliphatic heterocycles. The molecule has 0 fully saturated rings. The Bertz CT molecular complexity index is 328. The van der Waals surface area contributed by atoms with Gasteiger partial charge in [0.1, 0.15) is 6.54 Å². The molecule has 1 aromatic carbocycles. The molecule has 68 valence electrons. The van der Waals surface area contributed by atoms with Gasteiger partial charge in [0.15, 0.2) is 6.29 Å². The minimum absolute atomic E-state index is 0. The fourth-order valence-corrected chi connectivity index (χ4v) is 0.932. The maximum atomic E-state index is 10.5. The van der Waals surface area contributed by atoms with Crippen molar-refractivity contribution >= 4 is 17.9 Å². The van der Waals surface area contributed by atoms with Crippen molar-refractivity contribution in [2.45, 2.75) is 0 Å². The number of carboxylic acid groups (broad SMARTS) is 1. The molecule has 1 rings (SSSR count). The van der Waals surface area contributed by atoms with Gasteiger partial charge in [-0.05, 0) is 12.1 Å². The van der Waals surface area contributed by atoms with E-state index in [1.165, 1.54) is 0 Å². The Hall–Kier alpha value is -0.840. The number of benzene rings is 1. The second kappa shape index (κ2) is 6.59. The van der Waals surface area contributed by atoms with Crippen LogP contribution in [0.1, 0.15) is 10.4 Å². The number of hydrogen-bond acceptors (Lipinski definition) is 3. The normalized spacial score (nSPS) is 8.57. The quantitative estimate of drug-likeness (QED) is 0.438. The third-order valence-electron chi connectivity index (χ3n) is 1.52. The van der Waals surface area contributed by atoms with Crippen molar-refractivity contribution in [2.24, 2.45) is 0 Å². The van der Waals surface area contributed by atoms with Crippen molar-refractivity contribution in [2.75, 3.05) is 11.9 Å². The van der Waals surface area contributed by atoms with Gasteiger partial charge in [-0.1, -0.05) is 12.1 Å². The largest absolute Gasteiger partial charge is 1.00 e. The first kappa shape index (κ1) is 13.2. The maximum absolute atomic E-state index is 10.5. The Balaban J connectivity index is 0.00000169. The Morgan fingerprint density at radius 3 is 2.64 bits per heavy atom. The number of nitrogens with one attached hydrogen (secondary N) is 1. The van der Waals surface area contributed by atoms with Gasteiger partial charge < -0.3 is 10.4 Å². The molecule has 0 aliphatic carbocycles. The molecule has 0 saturated carbocycles. The summed E-state index contributed by atoms with van der Waals surface area (Å²) in [4.78, 5) is 20.7. The fourth-order valence-electron chi connectivity index (χ4n) is 0.932. The molecule has 0 saturated heterocycles. The minimum atomic E-state index is -0.958. The maximum Gasteiger partial charge on any atom is 1.00 e. The van der Waals surface area contributed by atoms with Crippen molar-refractivity contribution in [3.63, 3.8) is 0 Å². The van der Waals surface area contributed by atoms with Gasteiger partial charge >= 0.3 is 35.5 Å². The van der Waals surface area contributed by atoms with Crippen molar-refractivity contribution in [1.82, 2.24) is 0 Å². The van der Waals surface area contributed by atoms with Crippen LogP contribution in [0.2, 0.25) is 0 Å². The van der Waals surface area contributed by atoms with Crippen molar-refractivity contribution < 1.29 is 44.3 Å². The van der Waals surface area contributed by atoms with E-state index >= 15 is 0 Å². The Labute approximate surface area is 104 Å². The number of para-hydroxylation sites is 1. The summed E-state index contributed by atoms with van der Waals surface area (Å²) in [6, 6.07) is 6.73. The van der Waals surface area contributed by atoms with Gasteiger partial charge in [-0.3, -0.25) is 9.59 Å². The van der Waals surface area contributed by atoms with E-state index in [1.54, 1.807) is 24.3 Å². The molecule has 4 nitrogen and oxygen atoms in total. The summed E-state index contributed by atoms with van der Waals surface area (Å²) >= 11 is 0. The van der Waals surface area contributed by atoms with E-state index in [1.807, 2.05) is 0 Å². The number of carbonyl (C=O) groups is 2. The zero-order valence-electron chi connectivity index (χ0n) is 7.86. The Morgan fingerprint density at radius 2 is 2.07 bits per heavy atom. The predicted molar refractivity (Wildman–Crippen MR) is 48.0 cm³/mol. The zero-order chi connectivity index (χ0) is 9.68. The van der Waals surface area contributed by atoms with Crippen LogP contribution in [0.25, 0.3) is 0 Å². The number of aliphatic carboxylic acids is 1. The number of rotatable bonds is 4. The first-order valence-corrected chi connectivity index (χ1v) is 3.74. The first-order valence-electron chi connectivity index (χ1n) is 3.74. The number of carbonyl (C=O) groups excluding carboxylic acids is 1. The van der Waals surface area contributed by atoms with Gasteiger partial charge in [0, 0.05) is 11.3 Å². The summed E-state index contributed by atoms with van der Waals surface area (Å²) in [5.74, 6) is -0.958. The molecule has 2 N–H and O–H groups in total. The van der Waals surface area contributed by atoms with Gasteiger partial charge in [0.25, 0.3) is 0 Å². The van der Waals surface area contributed by atoms with Crippen molar-refractivity contribution in [3.8, 4) is 0 Å². The monoisotopic (exact) mass is 202 g/mol. The summed E-state index contributed by atoms with van der Waals surface area (Å²) in [5, 5.41) is 11.0. The molecule has 0 unspecified atom stereocenters. The first-order chi connectivity index (χ1) is 6.24. The Kier molecular flexibility index (Phi) is 6.19. The third kappa shape index (κ3) is 3.91. The zero-order valence-corrected chi connectivity index (χ0v) is 9.86. The average Bonchev–Trinajstić information content (AvgIpc) is 2.15. The fraction of sp³-hybridized carbons (Fsp3) is 0.111. The van der Waals surface area contributed by atoms with E-state index in [0.717, 1.165) is 0 Å². The van der Waals surface area contributed by atoms with Gasteiger partial charge in [-0.15, -0.1) is 0 Å². The minimum Gasteiger partial charge on any atom is -0.480 e. The van der Waals surface area contributed by atoms with Crippen LogP contribution in [-0.2, 0) is 4.79 Å². The van der Waals surface area contributed by atoms with E-state index in [4.69, 9.17) is 5.11 Å². The second-order valence-electron chi connectivity index (χ2n) is 2.45. The van der Waals surface area contributed by atoms with Crippen LogP contribution >= 0.6 is 0 Å². The van der Waals surface area contributed by atoms with Crippen LogP contribution in [0.4, 0.5) is 5.69 Å². The van der Waals surface area contributed by atoms with Gasteiger partial charge in [-0.25, -0.2) is 0 Å². The van der Waals surface area contributed by atoms with Crippen LogP contribution in [-0.4, -0.2) is 23.9 Å². The molecule has 0 heterocycles. The van der Waals surface area contributed by atoms with Crippen LogP contribution < -0.4 is 34.9 Å². The summed E-state index contributed by atoms with van der Waals surface area (Å²) in [5.41, 5.74) is 1.00. The molecule has 1 aromatic rings. The summed E-state index contributed by atoms with van der Waals surface area (Å²) < 4.78 is 0. The third-order valence-corrected chi connectivity index (χ3v) is 1.52. The van der Waals surface area contributed by atoms with Crippen LogP contribution in [0.5, 0.6) is 0 Å². The molecule has 0 aromatic heterocycles. The van der Waals surface area contributed by atoms with Crippen molar-refractivity contribution in [3.05, 3.63) is 29.8 Å². The van der Waals surface area contributed by atoms with Crippen molar-refractivity contribution in [1.29, 1.82) is 0 Å². The molecule has 0 bridgehead atoms. The summed E-state index contributed by atoms with van der Waals surface area (Å²) in [6.07, 6.45) is 0.685. The Morgan fingerprint density at radius 1 is 1.43 bits per heavy atom. The molecule has 0 aliphatic rings. The molecule has 5 heteroatoms. The van der Waals surface area contributed by atoms with Gasteiger partial charge in [0.2, 0.25) is 0 Å². The molecule has 0 radical (unpaired) electrons. The van der Waals surface area contributed by atoms with E-state index in [2.05, 4.69) is 5.32 Å². The van der Waals surface area contributed by atoms with Crippen LogP contribution in [0.3, 0.4) is 0 Å². The number of aldehydes is 1. The molecule has 0 atom stereocenters. The topological polar surface area (TPSA) is 66.4 Å². The van der Waals surface area contributed by atoms with E-state index < -0.39 is 5.97 Å². The molecule has 0 spiro atoms. The van der Waals surface area contributed by atoms with Gasteiger partial charge in [0.05, 0.1) is 0 Å².